The number of aromatic nitrogens is 3. The fourth-order valence-electron chi connectivity index (χ4n) is 4.44. The van der Waals surface area contributed by atoms with Crippen molar-refractivity contribution in [2.45, 2.75) is 26.7 Å². The number of anilines is 2. The second-order valence-corrected chi connectivity index (χ2v) is 8.23. The second-order valence-electron chi connectivity index (χ2n) is 8.23. The molecule has 0 aliphatic carbocycles. The van der Waals surface area contributed by atoms with Crippen LogP contribution in [0.15, 0.2) is 60.9 Å². The molecule has 1 aliphatic heterocycles. The van der Waals surface area contributed by atoms with Crippen molar-refractivity contribution in [1.29, 1.82) is 0 Å². The normalized spacial score (nSPS) is 15.9. The van der Waals surface area contributed by atoms with Gasteiger partial charge in [-0.2, -0.15) is 0 Å². The first-order valence-electron chi connectivity index (χ1n) is 11.1. The van der Waals surface area contributed by atoms with Crippen LogP contribution in [-0.2, 0) is 4.79 Å². The molecule has 5 rings (SSSR count). The largest absolute Gasteiger partial charge is 0.437 e. The van der Waals surface area contributed by atoms with Gasteiger partial charge in [-0.25, -0.2) is 15.0 Å². The lowest BCUT2D eigenvalue weighted by atomic mass is 10.0. The topological polar surface area (TPSA) is 94.2 Å². The number of ether oxygens (including phenoxy) is 1. The van der Waals surface area contributed by atoms with Crippen molar-refractivity contribution >= 4 is 28.3 Å². The summed E-state index contributed by atoms with van der Waals surface area (Å²) in [4.78, 5) is 27.6. The number of benzene rings is 2. The molecule has 7 nitrogen and oxygen atoms in total. The number of amides is 1. The van der Waals surface area contributed by atoms with Crippen molar-refractivity contribution in [2.75, 3.05) is 17.2 Å². The quantitative estimate of drug-likeness (QED) is 0.463. The minimum atomic E-state index is 0.0952. The minimum absolute atomic E-state index is 0.0952. The van der Waals surface area contributed by atoms with Crippen LogP contribution in [0, 0.1) is 12.8 Å². The van der Waals surface area contributed by atoms with Gasteiger partial charge in [0, 0.05) is 35.6 Å². The predicted molar refractivity (Wildman–Crippen MR) is 129 cm³/mol. The summed E-state index contributed by atoms with van der Waals surface area (Å²) >= 11 is 0. The first kappa shape index (κ1) is 20.9. The Morgan fingerprint density at radius 3 is 2.73 bits per heavy atom. The van der Waals surface area contributed by atoms with E-state index in [0.29, 0.717) is 17.3 Å². The fraction of sp³-hybridized carbons (Fsp3) is 0.231. The second kappa shape index (κ2) is 8.50. The van der Waals surface area contributed by atoms with Crippen LogP contribution in [0.4, 0.5) is 11.6 Å². The summed E-state index contributed by atoms with van der Waals surface area (Å²) in [6.45, 7) is 4.81. The van der Waals surface area contributed by atoms with E-state index in [-0.39, 0.29) is 17.8 Å². The number of nitrogens with zero attached hydrogens (tertiary/aromatic N) is 4. The molecule has 0 saturated carbocycles. The van der Waals surface area contributed by atoms with E-state index in [4.69, 9.17) is 10.5 Å². The molecule has 1 fully saturated rings. The van der Waals surface area contributed by atoms with Gasteiger partial charge in [-0.3, -0.25) is 4.79 Å². The summed E-state index contributed by atoms with van der Waals surface area (Å²) in [5.74, 6) is 1.61. The van der Waals surface area contributed by atoms with Crippen LogP contribution in [0.5, 0.6) is 11.6 Å². The summed E-state index contributed by atoms with van der Waals surface area (Å²) in [5, 5.41) is 1.91. The number of hydrogen-bond donors (Lipinski definition) is 1. The highest BCUT2D eigenvalue weighted by Crippen LogP contribution is 2.40. The summed E-state index contributed by atoms with van der Waals surface area (Å²) in [7, 11) is 0. The Bertz CT molecular complexity index is 1350. The standard InChI is InChI=1S/C26H25N5O2/c1-3-17-12-15-31(25(17)32)22-8-4-6-19-18(22)10-9-16(2)23(19)33-24-20(7-5-13-28-24)21-11-14-29-26(27)30-21/h4-11,13-14,17H,3,12,15H2,1-2H3,(H2,27,29,30). The number of nitrogens with two attached hydrogens (primary N) is 1. The number of aryl methyl sites for hydroxylation is 1. The highest BCUT2D eigenvalue weighted by atomic mass is 16.5. The first-order valence-corrected chi connectivity index (χ1v) is 11.1. The Hall–Kier alpha value is -4.00. The molecule has 2 aromatic heterocycles. The van der Waals surface area contributed by atoms with Crippen LogP contribution in [0.25, 0.3) is 22.0 Å². The third-order valence-corrected chi connectivity index (χ3v) is 6.21. The number of fused-ring (bicyclic) bond motifs is 1. The average Bonchev–Trinajstić information content (AvgIpc) is 3.21. The van der Waals surface area contributed by atoms with Gasteiger partial charge in [-0.05, 0) is 49.6 Å². The first-order chi connectivity index (χ1) is 16.1. The SMILES string of the molecule is CCC1CCN(c2cccc3c(Oc4ncccc4-c4ccnc(N)n4)c(C)ccc23)C1=O. The molecule has 1 amide bonds. The lowest BCUT2D eigenvalue weighted by Gasteiger charge is -2.21. The number of carbonyl (C=O) groups excluding carboxylic acids is 1. The number of nitrogen functional groups attached to an aromatic ring is 1. The van der Waals surface area contributed by atoms with Gasteiger partial charge in [0.05, 0.1) is 16.9 Å². The van der Waals surface area contributed by atoms with Crippen LogP contribution in [0.1, 0.15) is 25.3 Å². The zero-order valence-corrected chi connectivity index (χ0v) is 18.7. The van der Waals surface area contributed by atoms with Gasteiger partial charge in [0.2, 0.25) is 17.7 Å². The van der Waals surface area contributed by atoms with E-state index in [0.717, 1.165) is 47.0 Å². The van der Waals surface area contributed by atoms with Gasteiger partial charge >= 0.3 is 0 Å². The van der Waals surface area contributed by atoms with Crippen LogP contribution >= 0.6 is 0 Å². The van der Waals surface area contributed by atoms with Gasteiger partial charge in [0.15, 0.2) is 0 Å². The molecule has 2 aromatic carbocycles. The molecule has 0 spiro atoms. The number of rotatable bonds is 5. The van der Waals surface area contributed by atoms with Crippen LogP contribution in [0.2, 0.25) is 0 Å². The lowest BCUT2D eigenvalue weighted by molar-refractivity contribution is -0.120. The van der Waals surface area contributed by atoms with Crippen LogP contribution < -0.4 is 15.4 Å². The highest BCUT2D eigenvalue weighted by Gasteiger charge is 2.32. The van der Waals surface area contributed by atoms with E-state index in [2.05, 4.69) is 27.9 Å². The predicted octanol–water partition coefficient (Wildman–Crippen LogP) is 5.14. The zero-order chi connectivity index (χ0) is 22.9. The van der Waals surface area contributed by atoms with E-state index >= 15 is 0 Å². The number of pyridine rings is 1. The van der Waals surface area contributed by atoms with Crippen molar-refractivity contribution in [1.82, 2.24) is 15.0 Å². The molecule has 7 heteroatoms. The van der Waals surface area contributed by atoms with Crippen LogP contribution in [0.3, 0.4) is 0 Å². The number of hydrogen-bond acceptors (Lipinski definition) is 6. The molecule has 0 bridgehead atoms. The Labute approximate surface area is 192 Å². The third kappa shape index (κ3) is 3.75. The number of carbonyl (C=O) groups is 1. The Kier molecular flexibility index (Phi) is 5.38. The lowest BCUT2D eigenvalue weighted by Crippen LogP contribution is -2.26. The zero-order valence-electron chi connectivity index (χ0n) is 18.7. The van der Waals surface area contributed by atoms with Crippen molar-refractivity contribution in [3.05, 3.63) is 66.5 Å². The van der Waals surface area contributed by atoms with Gasteiger partial charge in [0.1, 0.15) is 5.75 Å². The molecule has 1 unspecified atom stereocenters. The molecular weight excluding hydrogens is 414 g/mol. The Balaban J connectivity index is 1.60. The van der Waals surface area contributed by atoms with E-state index in [9.17, 15) is 4.79 Å². The van der Waals surface area contributed by atoms with Gasteiger partial charge in [0.25, 0.3) is 0 Å². The maximum Gasteiger partial charge on any atom is 0.230 e. The van der Waals surface area contributed by atoms with Crippen molar-refractivity contribution in [3.63, 3.8) is 0 Å². The summed E-state index contributed by atoms with van der Waals surface area (Å²) in [5.41, 5.74) is 9.04. The molecule has 166 valence electrons. The molecule has 4 aromatic rings. The Morgan fingerprint density at radius 2 is 1.94 bits per heavy atom. The van der Waals surface area contributed by atoms with Crippen molar-refractivity contribution < 1.29 is 9.53 Å². The summed E-state index contributed by atoms with van der Waals surface area (Å²) in [6, 6.07) is 15.6. The minimum Gasteiger partial charge on any atom is -0.437 e. The molecule has 1 atom stereocenters. The van der Waals surface area contributed by atoms with E-state index < -0.39 is 0 Å². The van der Waals surface area contributed by atoms with E-state index in [1.54, 1.807) is 18.5 Å². The van der Waals surface area contributed by atoms with Crippen LogP contribution in [-0.4, -0.2) is 27.4 Å². The van der Waals surface area contributed by atoms with Gasteiger partial charge < -0.3 is 15.4 Å². The molecule has 1 saturated heterocycles. The van der Waals surface area contributed by atoms with Crippen molar-refractivity contribution in [3.8, 4) is 22.9 Å². The van der Waals surface area contributed by atoms with E-state index in [1.165, 1.54) is 0 Å². The molecular formula is C26H25N5O2. The summed E-state index contributed by atoms with van der Waals surface area (Å²) < 4.78 is 6.42. The Morgan fingerprint density at radius 1 is 1.06 bits per heavy atom. The maximum absolute atomic E-state index is 12.9. The van der Waals surface area contributed by atoms with Crippen molar-refractivity contribution in [2.24, 2.45) is 5.92 Å². The average molecular weight is 440 g/mol. The molecule has 1 aliphatic rings. The fourth-order valence-corrected chi connectivity index (χ4v) is 4.44. The third-order valence-electron chi connectivity index (χ3n) is 6.21. The summed E-state index contributed by atoms with van der Waals surface area (Å²) in [6.07, 6.45) is 5.05. The molecule has 33 heavy (non-hydrogen) atoms. The highest BCUT2D eigenvalue weighted by molar-refractivity contribution is 6.07. The smallest absolute Gasteiger partial charge is 0.230 e. The van der Waals surface area contributed by atoms with Gasteiger partial charge in [-0.1, -0.05) is 31.2 Å². The van der Waals surface area contributed by atoms with E-state index in [1.807, 2.05) is 48.2 Å². The molecule has 2 N–H and O–H groups in total. The molecule has 3 heterocycles. The maximum atomic E-state index is 12.9. The van der Waals surface area contributed by atoms with Gasteiger partial charge in [-0.15, -0.1) is 0 Å². The molecule has 0 radical (unpaired) electrons. The monoisotopic (exact) mass is 439 g/mol.